The Morgan fingerprint density at radius 3 is 2.90 bits per heavy atom. The van der Waals surface area contributed by atoms with Crippen molar-refractivity contribution in [3.8, 4) is 0 Å². The Balaban J connectivity index is 1.54. The number of halogens is 2. The van der Waals surface area contributed by atoms with Gasteiger partial charge in [-0.1, -0.05) is 17.7 Å². The summed E-state index contributed by atoms with van der Waals surface area (Å²) in [5, 5.41) is 8.12. The number of nitrogens with one attached hydrogen (secondary N) is 2. The number of rotatable bonds is 3. The van der Waals surface area contributed by atoms with Crippen LogP contribution in [-0.4, -0.2) is 11.8 Å². The van der Waals surface area contributed by atoms with Crippen LogP contribution in [0.15, 0.2) is 41.8 Å². The van der Waals surface area contributed by atoms with E-state index in [0.717, 1.165) is 31.2 Å². The third kappa shape index (κ3) is 3.20. The van der Waals surface area contributed by atoms with E-state index in [9.17, 15) is 14.0 Å². The summed E-state index contributed by atoms with van der Waals surface area (Å²) in [6.07, 6.45) is 4.18. The predicted molar refractivity (Wildman–Crippen MR) is 116 cm³/mol. The van der Waals surface area contributed by atoms with E-state index in [2.05, 4.69) is 10.6 Å². The van der Waals surface area contributed by atoms with Crippen LogP contribution in [0.4, 0.5) is 10.1 Å². The van der Waals surface area contributed by atoms with Gasteiger partial charge in [-0.15, -0.1) is 11.3 Å². The van der Waals surface area contributed by atoms with Crippen LogP contribution >= 0.6 is 22.9 Å². The van der Waals surface area contributed by atoms with Gasteiger partial charge in [0.05, 0.1) is 11.6 Å². The molecule has 0 fully saturated rings. The standard InChI is InChI=1S/C23H18ClFN2O2S/c24-17-9-8-12(25)10-15(17)21-20-14(22(28)27-21)5-3-6-18(20)26-23(29)16-11-30-19-7-2-1-4-13(16)19/h3,5-6,8-11,21H,1-2,4,7H2,(H,26,29)(H,27,28). The average molecular weight is 441 g/mol. The minimum Gasteiger partial charge on any atom is -0.341 e. The Morgan fingerprint density at radius 2 is 2.03 bits per heavy atom. The number of hydrogen-bond acceptors (Lipinski definition) is 3. The van der Waals surface area contributed by atoms with Crippen molar-refractivity contribution >= 4 is 40.4 Å². The van der Waals surface area contributed by atoms with Crippen molar-refractivity contribution in [1.29, 1.82) is 0 Å². The lowest BCUT2D eigenvalue weighted by Crippen LogP contribution is -2.21. The van der Waals surface area contributed by atoms with Crippen LogP contribution in [0.25, 0.3) is 0 Å². The first-order valence-electron chi connectivity index (χ1n) is 9.82. The Hall–Kier alpha value is -2.70. The smallest absolute Gasteiger partial charge is 0.256 e. The summed E-state index contributed by atoms with van der Waals surface area (Å²) >= 11 is 7.94. The largest absolute Gasteiger partial charge is 0.341 e. The molecule has 7 heteroatoms. The Kier molecular flexibility index (Phi) is 4.83. The molecule has 1 atom stereocenters. The Bertz CT molecular complexity index is 1190. The molecule has 5 rings (SSSR count). The molecular weight excluding hydrogens is 423 g/mol. The molecule has 0 bridgehead atoms. The van der Waals surface area contributed by atoms with Crippen LogP contribution in [0, 0.1) is 5.82 Å². The highest BCUT2D eigenvalue weighted by atomic mass is 35.5. The number of aryl methyl sites for hydroxylation is 1. The van der Waals surface area contributed by atoms with Gasteiger partial charge < -0.3 is 10.6 Å². The van der Waals surface area contributed by atoms with Crippen LogP contribution < -0.4 is 10.6 Å². The second-order valence-electron chi connectivity index (χ2n) is 7.55. The van der Waals surface area contributed by atoms with E-state index in [1.807, 2.05) is 5.38 Å². The molecule has 2 aromatic carbocycles. The lowest BCUT2D eigenvalue weighted by Gasteiger charge is -2.18. The molecule has 0 radical (unpaired) electrons. The molecule has 0 spiro atoms. The van der Waals surface area contributed by atoms with Gasteiger partial charge in [-0.2, -0.15) is 0 Å². The molecule has 1 unspecified atom stereocenters. The molecule has 0 saturated carbocycles. The monoisotopic (exact) mass is 440 g/mol. The quantitative estimate of drug-likeness (QED) is 0.564. The van der Waals surface area contributed by atoms with Crippen molar-refractivity contribution in [3.63, 3.8) is 0 Å². The van der Waals surface area contributed by atoms with Crippen LogP contribution in [0.1, 0.15) is 61.2 Å². The van der Waals surface area contributed by atoms with Gasteiger partial charge in [0, 0.05) is 37.7 Å². The SMILES string of the molecule is O=C(Nc1cccc2c1C(c1cc(F)ccc1Cl)NC2=O)c1csc2c1CCCC2. The molecule has 1 aliphatic carbocycles. The van der Waals surface area contributed by atoms with Gasteiger partial charge >= 0.3 is 0 Å². The number of fused-ring (bicyclic) bond motifs is 2. The highest BCUT2D eigenvalue weighted by Gasteiger charge is 2.34. The maximum absolute atomic E-state index is 13.9. The van der Waals surface area contributed by atoms with E-state index in [-0.39, 0.29) is 11.8 Å². The summed E-state index contributed by atoms with van der Waals surface area (Å²) in [7, 11) is 0. The summed E-state index contributed by atoms with van der Waals surface area (Å²) in [6, 6.07) is 8.61. The fraction of sp³-hybridized carbons (Fsp3) is 0.217. The van der Waals surface area contributed by atoms with Crippen LogP contribution in [0.2, 0.25) is 5.02 Å². The van der Waals surface area contributed by atoms with Gasteiger partial charge in [0.2, 0.25) is 0 Å². The topological polar surface area (TPSA) is 58.2 Å². The van der Waals surface area contributed by atoms with Gasteiger partial charge in [0.15, 0.2) is 0 Å². The number of hydrogen-bond donors (Lipinski definition) is 2. The van der Waals surface area contributed by atoms with Gasteiger partial charge in [-0.3, -0.25) is 9.59 Å². The molecular formula is C23H18ClFN2O2S. The Labute approximate surface area is 182 Å². The van der Waals surface area contributed by atoms with Crippen molar-refractivity contribution in [3.05, 3.63) is 85.3 Å². The number of carbonyl (C=O) groups excluding carboxylic acids is 2. The average Bonchev–Trinajstić information content (AvgIpc) is 3.32. The van der Waals surface area contributed by atoms with Crippen molar-refractivity contribution in [2.24, 2.45) is 0 Å². The van der Waals surface area contributed by atoms with E-state index in [4.69, 9.17) is 11.6 Å². The first-order chi connectivity index (χ1) is 14.5. The van der Waals surface area contributed by atoms with Crippen molar-refractivity contribution in [2.45, 2.75) is 31.7 Å². The highest BCUT2D eigenvalue weighted by Crippen LogP contribution is 2.39. The fourth-order valence-electron chi connectivity index (χ4n) is 4.31. The number of amides is 2. The highest BCUT2D eigenvalue weighted by molar-refractivity contribution is 7.10. The van der Waals surface area contributed by atoms with Gasteiger partial charge in [-0.05, 0) is 61.6 Å². The summed E-state index contributed by atoms with van der Waals surface area (Å²) in [6.45, 7) is 0. The van der Waals surface area contributed by atoms with E-state index < -0.39 is 11.9 Å². The van der Waals surface area contributed by atoms with E-state index in [1.54, 1.807) is 29.5 Å². The lowest BCUT2D eigenvalue weighted by molar-refractivity contribution is 0.0959. The minimum atomic E-state index is -0.636. The molecule has 2 amide bonds. The lowest BCUT2D eigenvalue weighted by atomic mass is 9.94. The van der Waals surface area contributed by atoms with Gasteiger partial charge in [0.1, 0.15) is 5.82 Å². The Morgan fingerprint density at radius 1 is 1.20 bits per heavy atom. The summed E-state index contributed by atoms with van der Waals surface area (Å²) in [5.41, 5.74) is 3.87. The summed E-state index contributed by atoms with van der Waals surface area (Å²) in [5.74, 6) is -0.908. The van der Waals surface area contributed by atoms with Crippen molar-refractivity contribution < 1.29 is 14.0 Å². The van der Waals surface area contributed by atoms with Gasteiger partial charge in [0.25, 0.3) is 11.8 Å². The maximum atomic E-state index is 13.9. The predicted octanol–water partition coefficient (Wildman–Crippen LogP) is 5.50. The van der Waals surface area contributed by atoms with E-state index in [0.29, 0.717) is 33.0 Å². The second-order valence-corrected chi connectivity index (χ2v) is 8.92. The van der Waals surface area contributed by atoms with Crippen molar-refractivity contribution in [2.75, 3.05) is 5.32 Å². The molecule has 1 aliphatic heterocycles. The number of carbonyl (C=O) groups is 2. The molecule has 4 nitrogen and oxygen atoms in total. The fourth-order valence-corrected chi connectivity index (χ4v) is 5.66. The number of benzene rings is 2. The van der Waals surface area contributed by atoms with Crippen LogP contribution in [-0.2, 0) is 12.8 Å². The second kappa shape index (κ2) is 7.52. The first kappa shape index (κ1) is 19.3. The van der Waals surface area contributed by atoms with Crippen LogP contribution in [0.3, 0.4) is 0 Å². The normalized spacial score (nSPS) is 17.3. The third-order valence-corrected chi connectivity index (χ3v) is 7.17. The number of anilines is 1. The zero-order valence-electron chi connectivity index (χ0n) is 15.9. The van der Waals surface area contributed by atoms with E-state index >= 15 is 0 Å². The minimum absolute atomic E-state index is 0.189. The zero-order chi connectivity index (χ0) is 20.8. The van der Waals surface area contributed by atoms with Crippen LogP contribution in [0.5, 0.6) is 0 Å². The van der Waals surface area contributed by atoms with Gasteiger partial charge in [-0.25, -0.2) is 4.39 Å². The molecule has 152 valence electrons. The molecule has 3 aromatic rings. The molecule has 2 aliphatic rings. The maximum Gasteiger partial charge on any atom is 0.256 e. The molecule has 1 aromatic heterocycles. The molecule has 30 heavy (non-hydrogen) atoms. The first-order valence-corrected chi connectivity index (χ1v) is 11.1. The summed E-state index contributed by atoms with van der Waals surface area (Å²) in [4.78, 5) is 26.9. The van der Waals surface area contributed by atoms with E-state index in [1.165, 1.54) is 23.1 Å². The molecule has 2 N–H and O–H groups in total. The summed E-state index contributed by atoms with van der Waals surface area (Å²) < 4.78 is 13.9. The third-order valence-electron chi connectivity index (χ3n) is 5.74. The van der Waals surface area contributed by atoms with Crippen molar-refractivity contribution in [1.82, 2.24) is 5.32 Å². The molecule has 2 heterocycles. The molecule has 0 saturated heterocycles. The number of thiophene rings is 1. The zero-order valence-corrected chi connectivity index (χ0v) is 17.5.